The van der Waals surface area contributed by atoms with E-state index in [-0.39, 0.29) is 30.6 Å². The molecule has 0 bridgehead atoms. The predicted octanol–water partition coefficient (Wildman–Crippen LogP) is 6.43. The molecule has 1 saturated carbocycles. The second-order valence-electron chi connectivity index (χ2n) is 13.3. The Balaban J connectivity index is 1.09. The largest absolute Gasteiger partial charge is 0.453 e. The molecule has 48 heavy (non-hydrogen) atoms. The summed E-state index contributed by atoms with van der Waals surface area (Å²) in [5.74, 6) is 1.26. The molecule has 5 aromatic rings. The predicted molar refractivity (Wildman–Crippen MR) is 183 cm³/mol. The topological polar surface area (TPSA) is 128 Å². The summed E-state index contributed by atoms with van der Waals surface area (Å²) in [5.41, 5.74) is 9.00. The Hall–Kier alpha value is -4.90. The number of anilines is 1. The number of ether oxygens (including phenoxy) is 2. The third-order valence-corrected chi connectivity index (χ3v) is 10.3. The van der Waals surface area contributed by atoms with E-state index in [0.29, 0.717) is 12.5 Å². The summed E-state index contributed by atoms with van der Waals surface area (Å²) in [6.45, 7) is 0.634. The molecule has 1 aliphatic carbocycles. The van der Waals surface area contributed by atoms with Crippen LogP contribution >= 0.6 is 0 Å². The van der Waals surface area contributed by atoms with E-state index in [0.717, 1.165) is 53.6 Å². The van der Waals surface area contributed by atoms with E-state index in [9.17, 15) is 9.59 Å². The molecule has 8 rings (SSSR count). The number of fused-ring (bicyclic) bond motifs is 2. The molecule has 2 aliphatic heterocycles. The number of hydrogen-bond acceptors (Lipinski definition) is 7. The van der Waals surface area contributed by atoms with Crippen molar-refractivity contribution in [3.8, 4) is 0 Å². The minimum Gasteiger partial charge on any atom is -0.453 e. The van der Waals surface area contributed by atoms with Crippen molar-refractivity contribution < 1.29 is 19.1 Å². The summed E-state index contributed by atoms with van der Waals surface area (Å²) in [5, 5.41) is 2.62. The Morgan fingerprint density at radius 3 is 2.29 bits per heavy atom. The molecule has 0 unspecified atom stereocenters. The summed E-state index contributed by atoms with van der Waals surface area (Å²) in [4.78, 5) is 46.2. The number of imidazole rings is 2. The van der Waals surface area contributed by atoms with Crippen LogP contribution in [0, 0.1) is 0 Å². The molecule has 3 N–H and O–H groups in total. The highest BCUT2D eigenvalue weighted by Crippen LogP contribution is 2.48. The number of benzene rings is 3. The number of rotatable bonds is 9. The number of likely N-dealkylation sites (tertiary alicyclic amines) is 1. The lowest BCUT2D eigenvalue weighted by Crippen LogP contribution is -2.50. The van der Waals surface area contributed by atoms with E-state index in [1.807, 2.05) is 0 Å². The fraction of sp³-hybridized carbons (Fsp3) is 0.405. The van der Waals surface area contributed by atoms with Gasteiger partial charge in [-0.1, -0.05) is 24.3 Å². The van der Waals surface area contributed by atoms with Gasteiger partial charge in [-0.25, -0.2) is 14.8 Å². The molecule has 3 aromatic carbocycles. The highest BCUT2D eigenvalue weighted by atomic mass is 16.5. The standard InChI is InChI=1S/C37H41N7O4/c1-47-20-31(42-37(46)48-2)36(45)43-17-3-4-34(43)35-40-28-14-10-25(19-30(28)41-35)33-16-15-32(24-9-13-27-29(18-24)39-21-38-27)44(33)26-11-7-23(8-12-26)22-5-6-22/h7-14,18-19,21-22,31-34H,3-6,15-17,20H2,1-2H3,(H,38,39)(H,40,41)(H,42,46)/t31-,32-,33+,34-/m0/s1. The molecule has 3 fully saturated rings. The van der Waals surface area contributed by atoms with Crippen molar-refractivity contribution in [3.05, 3.63) is 89.5 Å². The summed E-state index contributed by atoms with van der Waals surface area (Å²) >= 11 is 0. The molecule has 0 radical (unpaired) electrons. The fourth-order valence-corrected chi connectivity index (χ4v) is 7.78. The van der Waals surface area contributed by atoms with Gasteiger partial charge in [-0.15, -0.1) is 0 Å². The number of aromatic nitrogens is 4. The number of methoxy groups -OCH3 is 2. The Morgan fingerprint density at radius 2 is 1.58 bits per heavy atom. The van der Waals surface area contributed by atoms with E-state index in [4.69, 9.17) is 14.5 Å². The van der Waals surface area contributed by atoms with Crippen LogP contribution in [0.3, 0.4) is 0 Å². The van der Waals surface area contributed by atoms with Crippen LogP contribution in [0.1, 0.15) is 85.1 Å². The Morgan fingerprint density at radius 1 is 0.875 bits per heavy atom. The average molecular weight is 648 g/mol. The molecule has 3 aliphatic rings. The van der Waals surface area contributed by atoms with Crippen LogP contribution in [-0.4, -0.2) is 70.2 Å². The smallest absolute Gasteiger partial charge is 0.407 e. The second kappa shape index (κ2) is 12.6. The number of nitrogens with one attached hydrogen (secondary N) is 3. The Bertz CT molecular complexity index is 1950. The zero-order chi connectivity index (χ0) is 32.8. The van der Waals surface area contributed by atoms with Crippen LogP contribution in [0.5, 0.6) is 0 Å². The molecule has 2 saturated heterocycles. The quantitative estimate of drug-likeness (QED) is 0.168. The van der Waals surface area contributed by atoms with Crippen LogP contribution in [0.4, 0.5) is 10.5 Å². The lowest BCUT2D eigenvalue weighted by Gasteiger charge is -2.33. The van der Waals surface area contributed by atoms with Crippen molar-refractivity contribution in [2.45, 2.75) is 68.6 Å². The Labute approximate surface area is 279 Å². The lowest BCUT2D eigenvalue weighted by atomic mass is 10.0. The molecular formula is C37H41N7O4. The monoisotopic (exact) mass is 647 g/mol. The summed E-state index contributed by atoms with van der Waals surface area (Å²) in [7, 11) is 2.78. The van der Waals surface area contributed by atoms with Gasteiger partial charge in [0.05, 0.1) is 60.2 Å². The number of hydrogen-bond donors (Lipinski definition) is 3. The van der Waals surface area contributed by atoms with Crippen molar-refractivity contribution in [2.24, 2.45) is 0 Å². The molecule has 248 valence electrons. The fourth-order valence-electron chi connectivity index (χ4n) is 7.78. The molecule has 4 heterocycles. The van der Waals surface area contributed by atoms with Gasteiger partial charge in [-0.3, -0.25) is 4.79 Å². The molecule has 11 nitrogen and oxygen atoms in total. The third-order valence-electron chi connectivity index (χ3n) is 10.3. The highest BCUT2D eigenvalue weighted by Gasteiger charge is 2.38. The van der Waals surface area contributed by atoms with Crippen molar-refractivity contribution >= 4 is 39.8 Å². The van der Waals surface area contributed by atoms with Crippen LogP contribution in [0.25, 0.3) is 22.1 Å². The number of H-pyrrole nitrogens is 2. The van der Waals surface area contributed by atoms with Gasteiger partial charge in [0, 0.05) is 19.3 Å². The first kappa shape index (κ1) is 30.4. The number of carbonyl (C=O) groups excluding carboxylic acids is 2. The van der Waals surface area contributed by atoms with Crippen LogP contribution in [0.15, 0.2) is 67.0 Å². The summed E-state index contributed by atoms with van der Waals surface area (Å²) in [6.07, 6.45) is 7.33. The zero-order valence-corrected chi connectivity index (χ0v) is 27.3. The molecule has 0 spiro atoms. The molecule has 2 aromatic heterocycles. The highest BCUT2D eigenvalue weighted by molar-refractivity contribution is 5.86. The number of nitrogens with zero attached hydrogens (tertiary/aromatic N) is 4. The van der Waals surface area contributed by atoms with Gasteiger partial charge in [0.2, 0.25) is 5.91 Å². The van der Waals surface area contributed by atoms with Gasteiger partial charge in [-0.2, -0.15) is 0 Å². The first-order valence-corrected chi connectivity index (χ1v) is 17.0. The second-order valence-corrected chi connectivity index (χ2v) is 13.3. The third kappa shape index (κ3) is 5.66. The number of carbonyl (C=O) groups is 2. The molecule has 11 heteroatoms. The van der Waals surface area contributed by atoms with Crippen molar-refractivity contribution in [3.63, 3.8) is 0 Å². The normalized spacial score (nSPS) is 21.7. The first-order valence-electron chi connectivity index (χ1n) is 17.0. The van der Waals surface area contributed by atoms with Gasteiger partial charge in [0.15, 0.2) is 0 Å². The maximum Gasteiger partial charge on any atom is 0.407 e. The summed E-state index contributed by atoms with van der Waals surface area (Å²) < 4.78 is 9.98. The molecule has 4 atom stereocenters. The number of aromatic amines is 2. The van der Waals surface area contributed by atoms with E-state index in [1.54, 1.807) is 11.2 Å². The van der Waals surface area contributed by atoms with Crippen LogP contribution < -0.4 is 10.2 Å². The summed E-state index contributed by atoms with van der Waals surface area (Å²) in [6, 6.07) is 21.7. The van der Waals surface area contributed by atoms with Crippen LogP contribution in [-0.2, 0) is 14.3 Å². The SMILES string of the molecule is COC[C@H](NC(=O)OC)C(=O)N1CCC[C@H]1c1nc2cc([C@H]3CC[C@@H](c4ccc5[nH]cnc5c4)N3c3ccc(C4CC4)cc3)ccc2[nH]1. The van der Waals surface area contributed by atoms with Crippen LogP contribution in [0.2, 0.25) is 0 Å². The van der Waals surface area contributed by atoms with Gasteiger partial charge in [0.25, 0.3) is 0 Å². The van der Waals surface area contributed by atoms with Gasteiger partial charge >= 0.3 is 6.09 Å². The van der Waals surface area contributed by atoms with Gasteiger partial charge < -0.3 is 34.6 Å². The maximum atomic E-state index is 13.6. The zero-order valence-electron chi connectivity index (χ0n) is 27.3. The first-order chi connectivity index (χ1) is 23.5. The van der Waals surface area contributed by atoms with Gasteiger partial charge in [-0.05, 0) is 97.5 Å². The minimum atomic E-state index is -0.840. The molecule has 2 amide bonds. The van der Waals surface area contributed by atoms with Crippen molar-refractivity contribution in [1.82, 2.24) is 30.2 Å². The van der Waals surface area contributed by atoms with Gasteiger partial charge in [0.1, 0.15) is 11.9 Å². The van der Waals surface area contributed by atoms with E-state index < -0.39 is 12.1 Å². The van der Waals surface area contributed by atoms with Crippen molar-refractivity contribution in [2.75, 3.05) is 32.3 Å². The van der Waals surface area contributed by atoms with E-state index >= 15 is 0 Å². The average Bonchev–Trinajstić information content (AvgIpc) is 3.50. The van der Waals surface area contributed by atoms with E-state index in [2.05, 4.69) is 85.8 Å². The Kier molecular flexibility index (Phi) is 7.99. The molecular weight excluding hydrogens is 606 g/mol. The number of amides is 2. The van der Waals surface area contributed by atoms with Crippen molar-refractivity contribution in [1.29, 1.82) is 0 Å². The minimum absolute atomic E-state index is 0.0540. The number of alkyl carbamates (subject to hydrolysis) is 1. The lowest BCUT2D eigenvalue weighted by molar-refractivity contribution is -0.135. The van der Waals surface area contributed by atoms with E-state index in [1.165, 1.54) is 49.4 Å². The maximum absolute atomic E-state index is 13.6.